The molecule has 66 valence electrons. The molecule has 4 saturated carbocycles. The zero-order chi connectivity index (χ0) is 8.09. The van der Waals surface area contributed by atoms with Gasteiger partial charge in [0.25, 0.3) is 0 Å². The topological polar surface area (TPSA) is 0 Å². The fourth-order valence-electron chi connectivity index (χ4n) is 5.62. The highest BCUT2D eigenvalue weighted by molar-refractivity contribution is 5.33. The lowest BCUT2D eigenvalue weighted by molar-refractivity contribution is -0.432. The highest BCUT2D eigenvalue weighted by Crippen LogP contribution is 2.91. The molecule has 0 heterocycles. The largest absolute Gasteiger partial charge is 0.0628 e. The first-order valence-corrected chi connectivity index (χ1v) is 5.74. The maximum atomic E-state index is 2.41. The third-order valence-corrected chi connectivity index (χ3v) is 5.72. The summed E-state index contributed by atoms with van der Waals surface area (Å²) in [6.45, 7) is 4.81. The predicted octanol–water partition coefficient (Wildman–Crippen LogP) is 2.93. The Hall–Kier alpha value is 0. The summed E-state index contributed by atoms with van der Waals surface area (Å²) in [4.78, 5) is 0. The number of fused-ring (bicyclic) bond motifs is 2. The van der Waals surface area contributed by atoms with E-state index in [0.29, 0.717) is 0 Å². The second-order valence-corrected chi connectivity index (χ2v) is 6.31. The zero-order valence-electron chi connectivity index (χ0n) is 8.09. The third-order valence-electron chi connectivity index (χ3n) is 5.72. The summed E-state index contributed by atoms with van der Waals surface area (Å²) in [7, 11) is 0. The molecule has 4 aliphatic rings. The van der Waals surface area contributed by atoms with E-state index in [0.717, 1.165) is 11.3 Å². The van der Waals surface area contributed by atoms with Gasteiger partial charge in [-0.15, -0.1) is 0 Å². The molecule has 0 saturated heterocycles. The van der Waals surface area contributed by atoms with Gasteiger partial charge in [0, 0.05) is 0 Å². The third kappa shape index (κ3) is 0.383. The molecular formula is C12H18. The summed E-state index contributed by atoms with van der Waals surface area (Å²) in [6.07, 6.45) is 4.84. The molecule has 4 rings (SSSR count). The molecule has 4 fully saturated rings. The molecule has 6 unspecified atom stereocenters. The van der Waals surface area contributed by atoms with Gasteiger partial charge in [-0.25, -0.2) is 0 Å². The summed E-state index contributed by atoms with van der Waals surface area (Å²) in [5.74, 6) is 7.17. The monoisotopic (exact) mass is 162 g/mol. The van der Waals surface area contributed by atoms with Gasteiger partial charge in [0.05, 0.1) is 0 Å². The second kappa shape index (κ2) is 1.51. The molecule has 12 heavy (non-hydrogen) atoms. The van der Waals surface area contributed by atoms with Gasteiger partial charge in [0.15, 0.2) is 0 Å². The van der Waals surface area contributed by atoms with E-state index in [1.807, 2.05) is 0 Å². The van der Waals surface area contributed by atoms with Crippen LogP contribution in [0.5, 0.6) is 0 Å². The minimum Gasteiger partial charge on any atom is -0.0628 e. The molecule has 0 N–H and O–H groups in total. The van der Waals surface area contributed by atoms with Crippen molar-refractivity contribution < 1.29 is 0 Å². The number of rotatable bonds is 2. The average Bonchev–Trinajstić information content (AvgIpc) is 1.98. The highest BCUT2D eigenvalue weighted by Gasteiger charge is 2.85. The van der Waals surface area contributed by atoms with E-state index in [9.17, 15) is 0 Å². The van der Waals surface area contributed by atoms with Crippen molar-refractivity contribution in [3.05, 3.63) is 0 Å². The second-order valence-electron chi connectivity index (χ2n) is 6.31. The van der Waals surface area contributed by atoms with Crippen molar-refractivity contribution in [2.24, 2.45) is 40.9 Å². The average molecular weight is 162 g/mol. The van der Waals surface area contributed by atoms with Crippen LogP contribution in [0.15, 0.2) is 0 Å². The molecule has 0 radical (unpaired) electrons. The van der Waals surface area contributed by atoms with Crippen LogP contribution in [0, 0.1) is 40.9 Å². The Kier molecular flexibility index (Phi) is 0.811. The van der Waals surface area contributed by atoms with Gasteiger partial charge in [-0.05, 0) is 60.2 Å². The highest BCUT2D eigenvalue weighted by atomic mass is 14.9. The van der Waals surface area contributed by atoms with E-state index < -0.39 is 0 Å². The van der Waals surface area contributed by atoms with E-state index in [4.69, 9.17) is 0 Å². The van der Waals surface area contributed by atoms with E-state index in [2.05, 4.69) is 13.8 Å². The summed E-state index contributed by atoms with van der Waals surface area (Å²) >= 11 is 0. The zero-order valence-corrected chi connectivity index (χ0v) is 8.09. The predicted molar refractivity (Wildman–Crippen MR) is 48.6 cm³/mol. The molecule has 4 aliphatic carbocycles. The van der Waals surface area contributed by atoms with Crippen LogP contribution in [-0.2, 0) is 0 Å². The lowest BCUT2D eigenvalue weighted by Gasteiger charge is -2.91. The normalized spacial score (nSPS) is 68.8. The van der Waals surface area contributed by atoms with Crippen molar-refractivity contribution >= 4 is 0 Å². The Morgan fingerprint density at radius 3 is 2.58 bits per heavy atom. The molecule has 0 aromatic carbocycles. The maximum absolute atomic E-state index is 2.41. The lowest BCUT2D eigenvalue weighted by atomic mass is 9.14. The van der Waals surface area contributed by atoms with Gasteiger partial charge in [-0.2, -0.15) is 0 Å². The van der Waals surface area contributed by atoms with Gasteiger partial charge in [-0.3, -0.25) is 0 Å². The minimum atomic E-state index is 0.929. The molecule has 0 aromatic rings. The molecule has 0 amide bonds. The van der Waals surface area contributed by atoms with Crippen LogP contribution in [0.1, 0.15) is 33.1 Å². The van der Waals surface area contributed by atoms with Crippen LogP contribution in [0.4, 0.5) is 0 Å². The molecule has 0 spiro atoms. The Morgan fingerprint density at radius 1 is 1.33 bits per heavy atom. The van der Waals surface area contributed by atoms with Crippen molar-refractivity contribution in [2.45, 2.75) is 33.1 Å². The van der Waals surface area contributed by atoms with Crippen molar-refractivity contribution in [1.82, 2.24) is 0 Å². The number of hydrogen-bond donors (Lipinski definition) is 0. The Balaban J connectivity index is 1.63. The molecule has 0 bridgehead atoms. The van der Waals surface area contributed by atoms with Crippen molar-refractivity contribution in [2.75, 3.05) is 0 Å². The molecule has 0 nitrogen and oxygen atoms in total. The van der Waals surface area contributed by atoms with Crippen LogP contribution in [-0.4, -0.2) is 0 Å². The molecule has 0 aliphatic heterocycles. The Labute approximate surface area is 74.7 Å². The molecular weight excluding hydrogens is 144 g/mol. The summed E-state index contributed by atoms with van der Waals surface area (Å²) in [6, 6.07) is 0. The summed E-state index contributed by atoms with van der Waals surface area (Å²) < 4.78 is 0. The maximum Gasteiger partial charge on any atom is -0.0227 e. The minimum absolute atomic E-state index is 0.929. The quantitative estimate of drug-likeness (QED) is 0.585. The van der Waals surface area contributed by atoms with E-state index in [1.54, 1.807) is 19.3 Å². The van der Waals surface area contributed by atoms with Crippen LogP contribution in [0.2, 0.25) is 0 Å². The van der Waals surface area contributed by atoms with E-state index >= 15 is 0 Å². The van der Waals surface area contributed by atoms with Gasteiger partial charge >= 0.3 is 0 Å². The van der Waals surface area contributed by atoms with E-state index in [1.165, 1.54) is 29.6 Å². The Morgan fingerprint density at radius 2 is 2.17 bits per heavy atom. The summed E-state index contributed by atoms with van der Waals surface area (Å²) in [5, 5.41) is 0. The first-order chi connectivity index (χ1) is 5.74. The standard InChI is InChI=1S/C12H18/c1-6(2)4-12-5-8-7-3-9(12)10(7)11(8)12/h6-11H,3-5H2,1-2H3. The van der Waals surface area contributed by atoms with Crippen LogP contribution in [0.3, 0.4) is 0 Å². The van der Waals surface area contributed by atoms with Gasteiger partial charge < -0.3 is 0 Å². The SMILES string of the molecule is CC(C)CC12CC3C4CC1C4C32. The first kappa shape index (κ1) is 6.45. The number of hydrogen-bond acceptors (Lipinski definition) is 0. The Bertz CT molecular complexity index is 239. The summed E-state index contributed by atoms with van der Waals surface area (Å²) in [5.41, 5.74) is 0.929. The van der Waals surface area contributed by atoms with Crippen LogP contribution >= 0.6 is 0 Å². The molecule has 0 aromatic heterocycles. The lowest BCUT2D eigenvalue weighted by Crippen LogP contribution is -2.85. The van der Waals surface area contributed by atoms with Crippen molar-refractivity contribution in [3.8, 4) is 0 Å². The smallest absolute Gasteiger partial charge is 0.0227 e. The molecule has 6 atom stereocenters. The van der Waals surface area contributed by atoms with Crippen LogP contribution in [0.25, 0.3) is 0 Å². The van der Waals surface area contributed by atoms with E-state index in [-0.39, 0.29) is 0 Å². The van der Waals surface area contributed by atoms with Crippen LogP contribution < -0.4 is 0 Å². The fourth-order valence-corrected chi connectivity index (χ4v) is 5.62. The first-order valence-electron chi connectivity index (χ1n) is 5.74. The fraction of sp³-hybridized carbons (Fsp3) is 1.00. The van der Waals surface area contributed by atoms with Gasteiger partial charge in [0.2, 0.25) is 0 Å². The van der Waals surface area contributed by atoms with Gasteiger partial charge in [0.1, 0.15) is 0 Å². The van der Waals surface area contributed by atoms with Crippen molar-refractivity contribution in [1.29, 1.82) is 0 Å². The van der Waals surface area contributed by atoms with Gasteiger partial charge in [-0.1, -0.05) is 13.8 Å². The molecule has 0 heteroatoms. The van der Waals surface area contributed by atoms with Crippen molar-refractivity contribution in [3.63, 3.8) is 0 Å².